The van der Waals surface area contributed by atoms with Crippen LogP contribution in [0.3, 0.4) is 0 Å². The molecule has 1 atom stereocenters. The van der Waals surface area contributed by atoms with Crippen molar-refractivity contribution in [3.63, 3.8) is 0 Å². The van der Waals surface area contributed by atoms with Gasteiger partial charge >= 0.3 is 0 Å². The summed E-state index contributed by atoms with van der Waals surface area (Å²) in [4.78, 5) is 8.89. The molecular formula is C23H18Cl2N2O. The predicted molar refractivity (Wildman–Crippen MR) is 114 cm³/mol. The van der Waals surface area contributed by atoms with Crippen LogP contribution in [0.2, 0.25) is 10.0 Å². The molecule has 4 aromatic rings. The number of benzene rings is 2. The highest BCUT2D eigenvalue weighted by Crippen LogP contribution is 2.38. The highest BCUT2D eigenvalue weighted by molar-refractivity contribution is 6.30. The Morgan fingerprint density at radius 1 is 0.964 bits per heavy atom. The van der Waals surface area contributed by atoms with E-state index in [0.717, 1.165) is 27.8 Å². The van der Waals surface area contributed by atoms with Gasteiger partial charge in [0.15, 0.2) is 0 Å². The van der Waals surface area contributed by atoms with Crippen molar-refractivity contribution in [1.29, 1.82) is 0 Å². The van der Waals surface area contributed by atoms with Gasteiger partial charge in [0.25, 0.3) is 0 Å². The predicted octanol–water partition coefficient (Wildman–Crippen LogP) is 6.33. The van der Waals surface area contributed by atoms with Crippen LogP contribution in [0.5, 0.6) is 5.75 Å². The third-order valence-corrected chi connectivity index (χ3v) is 5.44. The number of aromatic nitrogens is 2. The average molecular weight is 409 g/mol. The van der Waals surface area contributed by atoms with Crippen molar-refractivity contribution in [3.05, 3.63) is 99.4 Å². The van der Waals surface area contributed by atoms with E-state index in [9.17, 15) is 5.11 Å². The molecule has 3 nitrogen and oxygen atoms in total. The number of hydrogen-bond acceptors (Lipinski definition) is 3. The second kappa shape index (κ2) is 7.78. The van der Waals surface area contributed by atoms with Crippen molar-refractivity contribution < 1.29 is 5.11 Å². The summed E-state index contributed by atoms with van der Waals surface area (Å²) in [6.07, 6.45) is 3.97. The number of aromatic hydroxyl groups is 1. The summed E-state index contributed by atoms with van der Waals surface area (Å²) in [5, 5.41) is 13.2. The molecule has 2 aromatic carbocycles. The van der Waals surface area contributed by atoms with E-state index in [2.05, 4.69) is 9.97 Å². The van der Waals surface area contributed by atoms with Gasteiger partial charge in [0, 0.05) is 46.4 Å². The van der Waals surface area contributed by atoms with E-state index in [4.69, 9.17) is 23.2 Å². The first kappa shape index (κ1) is 18.7. The average Bonchev–Trinajstić information content (AvgIpc) is 2.69. The van der Waals surface area contributed by atoms with Gasteiger partial charge in [-0.05, 0) is 42.3 Å². The Morgan fingerprint density at radius 3 is 2.50 bits per heavy atom. The molecule has 0 aliphatic rings. The van der Waals surface area contributed by atoms with E-state index < -0.39 is 0 Å². The largest absolute Gasteiger partial charge is 0.505 e. The van der Waals surface area contributed by atoms with Gasteiger partial charge in [-0.3, -0.25) is 9.97 Å². The van der Waals surface area contributed by atoms with Crippen LogP contribution in [0.15, 0.2) is 67.0 Å². The van der Waals surface area contributed by atoms with Crippen molar-refractivity contribution in [3.8, 4) is 5.75 Å². The molecule has 2 aromatic heterocycles. The first-order valence-corrected chi connectivity index (χ1v) is 9.71. The summed E-state index contributed by atoms with van der Waals surface area (Å²) >= 11 is 12.2. The van der Waals surface area contributed by atoms with Crippen LogP contribution < -0.4 is 0 Å². The number of hydrogen-bond donors (Lipinski definition) is 1. The molecule has 0 saturated carbocycles. The molecule has 5 heteroatoms. The zero-order valence-corrected chi connectivity index (χ0v) is 16.7. The molecule has 28 heavy (non-hydrogen) atoms. The van der Waals surface area contributed by atoms with Gasteiger partial charge in [0.2, 0.25) is 0 Å². The lowest BCUT2D eigenvalue weighted by Gasteiger charge is -2.21. The van der Waals surface area contributed by atoms with E-state index in [1.807, 2.05) is 61.5 Å². The number of nitrogens with zero attached hydrogens (tertiary/aromatic N) is 2. The SMILES string of the molecule is Cc1cc(Cl)cnc1CC(c1ccc(Cl)cc1)c1ccc2cccnc2c1O. The first-order valence-electron chi connectivity index (χ1n) is 8.96. The van der Waals surface area contributed by atoms with Gasteiger partial charge in [-0.2, -0.15) is 0 Å². The van der Waals surface area contributed by atoms with E-state index in [1.165, 1.54) is 0 Å². The Balaban J connectivity index is 1.85. The van der Waals surface area contributed by atoms with Gasteiger partial charge < -0.3 is 5.11 Å². The molecule has 0 spiro atoms. The molecule has 0 radical (unpaired) electrons. The van der Waals surface area contributed by atoms with E-state index in [-0.39, 0.29) is 11.7 Å². The molecule has 0 fully saturated rings. The Kier molecular flexibility index (Phi) is 5.21. The van der Waals surface area contributed by atoms with Crippen LogP contribution >= 0.6 is 23.2 Å². The third-order valence-electron chi connectivity index (χ3n) is 4.98. The standard InChI is InChI=1S/C23H18Cl2N2O/c1-14-11-18(25)13-27-21(14)12-20(15-4-7-17(24)8-5-15)19-9-6-16-3-2-10-26-22(16)23(19)28/h2-11,13,20,28H,12H2,1H3. The second-order valence-electron chi connectivity index (χ2n) is 6.80. The molecular weight excluding hydrogens is 391 g/mol. The van der Waals surface area contributed by atoms with Crippen molar-refractivity contribution in [1.82, 2.24) is 9.97 Å². The van der Waals surface area contributed by atoms with E-state index >= 15 is 0 Å². The molecule has 0 aliphatic heterocycles. The van der Waals surface area contributed by atoms with Crippen LogP contribution in [0.1, 0.15) is 28.3 Å². The second-order valence-corrected chi connectivity index (χ2v) is 7.68. The van der Waals surface area contributed by atoms with Crippen LogP contribution in [-0.4, -0.2) is 15.1 Å². The van der Waals surface area contributed by atoms with Crippen molar-refractivity contribution in [2.75, 3.05) is 0 Å². The van der Waals surface area contributed by atoms with Gasteiger partial charge in [0.1, 0.15) is 11.3 Å². The summed E-state index contributed by atoms with van der Waals surface area (Å²) in [6.45, 7) is 1.99. The fourth-order valence-electron chi connectivity index (χ4n) is 3.50. The summed E-state index contributed by atoms with van der Waals surface area (Å²) in [5.41, 5.74) is 4.41. The number of halogens is 2. The topological polar surface area (TPSA) is 46.0 Å². The fourth-order valence-corrected chi connectivity index (χ4v) is 3.84. The van der Waals surface area contributed by atoms with Gasteiger partial charge in [-0.15, -0.1) is 0 Å². The molecule has 1 unspecified atom stereocenters. The minimum atomic E-state index is -0.101. The third kappa shape index (κ3) is 3.68. The maximum Gasteiger partial charge on any atom is 0.145 e. The van der Waals surface area contributed by atoms with Crippen LogP contribution in [-0.2, 0) is 6.42 Å². The normalized spacial score (nSPS) is 12.2. The van der Waals surface area contributed by atoms with Gasteiger partial charge in [0.05, 0.1) is 5.02 Å². The molecule has 0 amide bonds. The lowest BCUT2D eigenvalue weighted by Crippen LogP contribution is -2.08. The zero-order chi connectivity index (χ0) is 19.7. The Morgan fingerprint density at radius 2 is 1.75 bits per heavy atom. The van der Waals surface area contributed by atoms with Gasteiger partial charge in [-0.1, -0.05) is 53.5 Å². The zero-order valence-electron chi connectivity index (χ0n) is 15.2. The molecule has 0 aliphatic carbocycles. The number of pyridine rings is 2. The lowest BCUT2D eigenvalue weighted by molar-refractivity contribution is 0.469. The number of aryl methyl sites for hydroxylation is 1. The Labute approximate surface area is 173 Å². The first-order chi connectivity index (χ1) is 13.5. The van der Waals surface area contributed by atoms with Crippen LogP contribution in [0.25, 0.3) is 10.9 Å². The molecule has 2 heterocycles. The summed E-state index contributed by atoms with van der Waals surface area (Å²) in [6, 6.07) is 17.4. The fraction of sp³-hybridized carbons (Fsp3) is 0.130. The van der Waals surface area contributed by atoms with Gasteiger partial charge in [-0.25, -0.2) is 0 Å². The van der Waals surface area contributed by atoms with Crippen LogP contribution in [0.4, 0.5) is 0 Å². The smallest absolute Gasteiger partial charge is 0.145 e. The Bertz CT molecular complexity index is 1140. The number of phenols is 1. The lowest BCUT2D eigenvalue weighted by atomic mass is 9.85. The summed E-state index contributed by atoms with van der Waals surface area (Å²) < 4.78 is 0. The van der Waals surface area contributed by atoms with E-state index in [0.29, 0.717) is 22.0 Å². The van der Waals surface area contributed by atoms with Crippen LogP contribution in [0, 0.1) is 6.92 Å². The van der Waals surface area contributed by atoms with Crippen molar-refractivity contribution >= 4 is 34.1 Å². The minimum Gasteiger partial charge on any atom is -0.505 e. The molecule has 1 N–H and O–H groups in total. The van der Waals surface area contributed by atoms with E-state index in [1.54, 1.807) is 12.4 Å². The van der Waals surface area contributed by atoms with Crippen molar-refractivity contribution in [2.45, 2.75) is 19.3 Å². The number of rotatable bonds is 4. The molecule has 140 valence electrons. The monoisotopic (exact) mass is 408 g/mol. The Hall–Kier alpha value is -2.62. The summed E-state index contributed by atoms with van der Waals surface area (Å²) in [7, 11) is 0. The molecule has 0 saturated heterocycles. The molecule has 0 bridgehead atoms. The summed E-state index contributed by atoms with van der Waals surface area (Å²) in [5.74, 6) is 0.0979. The highest BCUT2D eigenvalue weighted by atomic mass is 35.5. The van der Waals surface area contributed by atoms with Crippen molar-refractivity contribution in [2.24, 2.45) is 0 Å². The number of fused-ring (bicyclic) bond motifs is 1. The maximum atomic E-state index is 11.0. The maximum absolute atomic E-state index is 11.0. The number of phenolic OH excluding ortho intramolecular Hbond substituents is 1. The quantitative estimate of drug-likeness (QED) is 0.429. The molecule has 4 rings (SSSR count). The highest BCUT2D eigenvalue weighted by Gasteiger charge is 2.22. The minimum absolute atomic E-state index is 0.101.